The number of aromatic carboxylic acids is 4. The van der Waals surface area contributed by atoms with Crippen molar-refractivity contribution in [2.75, 3.05) is 0 Å². The van der Waals surface area contributed by atoms with E-state index in [-0.39, 0.29) is 77.1 Å². The smallest absolute Gasteiger partial charge is 0.545 e. The zero-order chi connectivity index (χ0) is 24.8. The zero-order valence-corrected chi connectivity index (χ0v) is 21.9. The third-order valence-corrected chi connectivity index (χ3v) is 4.23. The quantitative estimate of drug-likeness (QED) is 0.145. The first-order valence-corrected chi connectivity index (χ1v) is 9.05. The van der Waals surface area contributed by atoms with Crippen LogP contribution in [0, 0.1) is 0 Å². The summed E-state index contributed by atoms with van der Waals surface area (Å²) in [6.07, 6.45) is 5.33. The maximum Gasteiger partial charge on any atom is 2.00 e. The Kier molecular flexibility index (Phi) is 25.6. The Balaban J connectivity index is -0.000000130. The van der Waals surface area contributed by atoms with E-state index in [1.54, 1.807) is 0 Å². The van der Waals surface area contributed by atoms with Crippen LogP contribution >= 0.6 is 0 Å². The molecule has 0 radical (unpaired) electrons. The monoisotopic (exact) mass is 652 g/mol. The molecular weight excluding hydrogens is 623 g/mol. The average Bonchev–Trinajstić information content (AvgIpc) is 3.53. The summed E-state index contributed by atoms with van der Waals surface area (Å²) in [5.74, 6) is -5.32. The molecule has 0 saturated heterocycles. The molecule has 42 heavy (non-hydrogen) atoms. The van der Waals surface area contributed by atoms with E-state index < -0.39 is 23.9 Å². The zero-order valence-electron chi connectivity index (χ0n) is 20.9. The van der Waals surface area contributed by atoms with E-state index in [1.807, 2.05) is 0 Å². The number of aromatic nitrogens is 6. The van der Waals surface area contributed by atoms with Crippen molar-refractivity contribution in [2.24, 2.45) is 0 Å². The van der Waals surface area contributed by atoms with Crippen LogP contribution in [0.5, 0.6) is 0 Å². The number of hydrogen-bond acceptors (Lipinski definition) is 10. The van der Waals surface area contributed by atoms with E-state index >= 15 is 0 Å². The summed E-state index contributed by atoms with van der Waals surface area (Å²) < 4.78 is 2.80. The summed E-state index contributed by atoms with van der Waals surface area (Å²) in [4.78, 5) is 43.2. The molecule has 21 nitrogen and oxygen atoms in total. The number of carboxylic acids is 4. The Labute approximate surface area is 243 Å². The minimum absolute atomic E-state index is 0. The standard InChI is InChI=1S/2C10H7N3O4.Ni.7H2O/c2*14-9(15)6-1-7(10(16)17)3-8(2-6)13-4-11-12-5-13;;;;;;;;/h2*1-5H,(H,14,15)(H,16,17);;7*1H2/q;;+2;;;;;;;/p+2. The average molecular weight is 653 g/mol. The van der Waals surface area contributed by atoms with Crippen LogP contribution in [-0.2, 0) is 38.4 Å². The number of rotatable bonds is 6. The van der Waals surface area contributed by atoms with Gasteiger partial charge in [0.05, 0.1) is 23.1 Å². The molecule has 0 unspecified atom stereocenters. The molecule has 4 aromatic rings. The van der Waals surface area contributed by atoms with Crippen LogP contribution in [0.4, 0.5) is 0 Å². The molecule has 2 aromatic heterocycles. The first-order valence-electron chi connectivity index (χ1n) is 9.05. The molecule has 4 rings (SSSR count). The molecule has 2 heterocycles. The van der Waals surface area contributed by atoms with Gasteiger partial charge in [-0.25, -0.2) is 9.59 Å². The van der Waals surface area contributed by atoms with Crippen LogP contribution in [0.15, 0.2) is 61.7 Å². The fourth-order valence-electron chi connectivity index (χ4n) is 2.67. The van der Waals surface area contributed by atoms with Gasteiger partial charge in [0.2, 0.25) is 0 Å². The summed E-state index contributed by atoms with van der Waals surface area (Å²) in [7, 11) is 0. The van der Waals surface area contributed by atoms with E-state index in [4.69, 9.17) is 10.2 Å². The van der Waals surface area contributed by atoms with Gasteiger partial charge in [-0.3, -0.25) is 9.13 Å². The molecule has 0 bridgehead atoms. The summed E-state index contributed by atoms with van der Waals surface area (Å²) in [5, 5.41) is 53.4. The molecule has 0 amide bonds. The van der Waals surface area contributed by atoms with Crippen molar-refractivity contribution < 1.29 is 94.4 Å². The maximum atomic E-state index is 10.8. The molecule has 22 heteroatoms. The Morgan fingerprint density at radius 2 is 0.762 bits per heavy atom. The van der Waals surface area contributed by atoms with Crippen molar-refractivity contribution in [1.82, 2.24) is 29.5 Å². The first kappa shape index (κ1) is 49.7. The van der Waals surface area contributed by atoms with Gasteiger partial charge in [0, 0.05) is 22.5 Å². The summed E-state index contributed by atoms with van der Waals surface area (Å²) in [6, 6.07) is 7.27. The van der Waals surface area contributed by atoms with Gasteiger partial charge < -0.3 is 68.3 Å². The van der Waals surface area contributed by atoms with Crippen LogP contribution in [0.2, 0.25) is 0 Å². The SMILES string of the molecule is O.O.O.O=C([O-])c1cc(C(=O)O)cc(-n2cnnc2)c1.O=C([O-])c1cc(C(=O)O)cc(-n2cnnc2)c1.[Ni+2].[OH3+].[OH3+].[OH3+].[OH3+]. The van der Waals surface area contributed by atoms with Gasteiger partial charge in [-0.05, 0) is 36.4 Å². The third-order valence-electron chi connectivity index (χ3n) is 4.23. The summed E-state index contributed by atoms with van der Waals surface area (Å²) in [5.41, 5.74) is -0.0313. The van der Waals surface area contributed by atoms with Crippen LogP contribution in [0.1, 0.15) is 41.4 Å². The van der Waals surface area contributed by atoms with E-state index in [9.17, 15) is 29.4 Å². The summed E-state index contributed by atoms with van der Waals surface area (Å²) in [6.45, 7) is 0. The van der Waals surface area contributed by atoms with Crippen LogP contribution in [-0.4, -0.2) is 80.0 Å². The molecule has 20 N–H and O–H groups in total. The van der Waals surface area contributed by atoms with Crippen LogP contribution in [0.25, 0.3) is 11.4 Å². The maximum absolute atomic E-state index is 10.8. The number of carbonyl (C=O) groups excluding carboxylic acids is 2. The van der Waals surface area contributed by atoms with E-state index in [0.29, 0.717) is 11.4 Å². The number of carbonyl (C=O) groups is 4. The van der Waals surface area contributed by atoms with Crippen LogP contribution in [0.3, 0.4) is 0 Å². The Bertz CT molecular complexity index is 1210. The van der Waals surface area contributed by atoms with Crippen molar-refractivity contribution in [1.29, 1.82) is 0 Å². The molecule has 0 aliphatic heterocycles. The molecule has 0 aliphatic rings. The molecule has 0 spiro atoms. The molecule has 0 saturated carbocycles. The fraction of sp³-hybridized carbons (Fsp3) is 0. The Hall–Kier alpha value is -5.19. The largest absolute Gasteiger partial charge is 2.00 e. The third kappa shape index (κ3) is 12.3. The molecule has 2 aromatic carbocycles. The number of nitrogens with zero attached hydrogens (tertiary/aromatic N) is 6. The fourth-order valence-corrected chi connectivity index (χ4v) is 2.67. The number of carboxylic acid groups (broad SMARTS) is 4. The van der Waals surface area contributed by atoms with Gasteiger partial charge in [-0.2, -0.15) is 0 Å². The second kappa shape index (κ2) is 21.6. The van der Waals surface area contributed by atoms with Crippen molar-refractivity contribution >= 4 is 23.9 Å². The van der Waals surface area contributed by atoms with E-state index in [1.165, 1.54) is 58.7 Å². The summed E-state index contributed by atoms with van der Waals surface area (Å²) >= 11 is 0. The van der Waals surface area contributed by atoms with Gasteiger partial charge in [0.25, 0.3) is 0 Å². The van der Waals surface area contributed by atoms with Crippen molar-refractivity contribution in [3.05, 3.63) is 84.0 Å². The minimum atomic E-state index is -1.44. The van der Waals surface area contributed by atoms with E-state index in [0.717, 1.165) is 12.1 Å². The first-order chi connectivity index (χ1) is 16.2. The normalized spacial score (nSPS) is 8.19. The van der Waals surface area contributed by atoms with Gasteiger partial charge in [-0.15, -0.1) is 20.4 Å². The van der Waals surface area contributed by atoms with Crippen molar-refractivity contribution in [2.45, 2.75) is 0 Å². The second-order valence-corrected chi connectivity index (χ2v) is 6.46. The minimum Gasteiger partial charge on any atom is -0.545 e. The molecule has 0 fully saturated rings. The molecule has 0 atom stereocenters. The topological polar surface area (TPSA) is 443 Å². The molecule has 0 aliphatic carbocycles. The predicted molar refractivity (Wildman–Crippen MR) is 136 cm³/mol. The number of hydrogen-bond donors (Lipinski definition) is 2. The molecular formula is C20H30N6NiO15+4. The Morgan fingerprint density at radius 1 is 0.524 bits per heavy atom. The van der Waals surface area contributed by atoms with Crippen molar-refractivity contribution in [3.63, 3.8) is 0 Å². The van der Waals surface area contributed by atoms with Crippen LogP contribution < -0.4 is 10.2 Å². The molecule has 236 valence electrons. The van der Waals surface area contributed by atoms with Gasteiger partial charge in [0.1, 0.15) is 25.3 Å². The van der Waals surface area contributed by atoms with Crippen molar-refractivity contribution in [3.8, 4) is 11.4 Å². The Morgan fingerprint density at radius 3 is 0.976 bits per heavy atom. The predicted octanol–water partition coefficient (Wildman–Crippen LogP) is -7.51. The van der Waals surface area contributed by atoms with Gasteiger partial charge >= 0.3 is 28.4 Å². The number of benzene rings is 2. The second-order valence-electron chi connectivity index (χ2n) is 6.46. The van der Waals surface area contributed by atoms with Gasteiger partial charge in [-0.1, -0.05) is 0 Å². The van der Waals surface area contributed by atoms with E-state index in [2.05, 4.69) is 20.4 Å². The van der Waals surface area contributed by atoms with Gasteiger partial charge in [0.15, 0.2) is 0 Å².